The van der Waals surface area contributed by atoms with E-state index in [4.69, 9.17) is 9.15 Å². The third-order valence-electron chi connectivity index (χ3n) is 6.38. The lowest BCUT2D eigenvalue weighted by atomic mass is 9.96. The van der Waals surface area contributed by atoms with E-state index in [-0.39, 0.29) is 30.9 Å². The number of thiophene rings is 1. The molecule has 8 nitrogen and oxygen atoms in total. The molecule has 1 aromatic carbocycles. The van der Waals surface area contributed by atoms with Crippen LogP contribution < -0.4 is 5.32 Å². The number of amides is 3. The fraction of sp³-hybridized carbons (Fsp3) is 0.320. The first-order valence-corrected chi connectivity index (χ1v) is 12.1. The molecule has 4 heterocycles. The van der Waals surface area contributed by atoms with Crippen LogP contribution in [0.1, 0.15) is 38.6 Å². The molecule has 2 fully saturated rings. The van der Waals surface area contributed by atoms with Crippen LogP contribution >= 0.6 is 11.3 Å². The Hall–Kier alpha value is -3.43. The second kappa shape index (κ2) is 9.44. The van der Waals surface area contributed by atoms with E-state index in [0.29, 0.717) is 42.1 Å². The summed E-state index contributed by atoms with van der Waals surface area (Å²) >= 11 is 1.41. The van der Waals surface area contributed by atoms with Gasteiger partial charge in [-0.1, -0.05) is 24.3 Å². The number of carbonyl (C=O) groups is 3. The van der Waals surface area contributed by atoms with Crippen molar-refractivity contribution in [2.75, 3.05) is 19.7 Å². The summed E-state index contributed by atoms with van der Waals surface area (Å²) in [7, 11) is 0. The third kappa shape index (κ3) is 4.24. The van der Waals surface area contributed by atoms with Gasteiger partial charge in [0.1, 0.15) is 17.5 Å². The highest BCUT2D eigenvalue weighted by atomic mass is 32.1. The summed E-state index contributed by atoms with van der Waals surface area (Å²) in [4.78, 5) is 43.7. The SMILES string of the molecule is O=C(NCc1ccco1)[C@@H]1COC2(CCN(C(=O)c3cccs3)CC2)N1C(=O)c1ccccc1. The fourth-order valence-corrected chi connectivity index (χ4v) is 5.30. The molecule has 1 N–H and O–H groups in total. The number of hydrogen-bond donors (Lipinski definition) is 1. The van der Waals surface area contributed by atoms with E-state index in [1.165, 1.54) is 11.3 Å². The number of furan rings is 1. The molecule has 9 heteroatoms. The van der Waals surface area contributed by atoms with E-state index in [2.05, 4.69) is 5.32 Å². The summed E-state index contributed by atoms with van der Waals surface area (Å²) in [5.74, 6) is 0.0590. The Balaban J connectivity index is 1.36. The lowest BCUT2D eigenvalue weighted by molar-refractivity contribution is -0.128. The molecule has 1 spiro atoms. The Morgan fingerprint density at radius 2 is 1.79 bits per heavy atom. The Bertz CT molecular complexity index is 1140. The van der Waals surface area contributed by atoms with Crippen molar-refractivity contribution in [1.82, 2.24) is 15.1 Å². The second-order valence-electron chi connectivity index (χ2n) is 8.38. The largest absolute Gasteiger partial charge is 0.467 e. The topological polar surface area (TPSA) is 92.1 Å². The standard InChI is InChI=1S/C25H25N3O5S/c29-22(26-16-19-8-4-14-32-19)20-17-33-25(28(20)23(30)18-6-2-1-3-7-18)10-12-27(13-11-25)24(31)21-9-5-15-34-21/h1-9,14-15,20H,10-13,16-17H2,(H,26,29)/t20-/m0/s1. The minimum Gasteiger partial charge on any atom is -0.467 e. The van der Waals surface area contributed by atoms with Crippen LogP contribution in [0.3, 0.4) is 0 Å². The minimum absolute atomic E-state index is 0.0171. The first kappa shape index (κ1) is 22.4. The highest BCUT2D eigenvalue weighted by molar-refractivity contribution is 7.12. The minimum atomic E-state index is -0.939. The van der Waals surface area contributed by atoms with Crippen LogP contribution in [0.4, 0.5) is 0 Å². The molecule has 5 rings (SSSR count). The Kier molecular flexibility index (Phi) is 6.21. The molecule has 0 radical (unpaired) electrons. The van der Waals surface area contributed by atoms with Crippen LogP contribution in [0.15, 0.2) is 70.7 Å². The highest BCUT2D eigenvalue weighted by Crippen LogP contribution is 2.39. The molecule has 2 aromatic heterocycles. The van der Waals surface area contributed by atoms with Gasteiger partial charge in [0.05, 0.1) is 24.3 Å². The van der Waals surface area contributed by atoms with Gasteiger partial charge in [0, 0.05) is 31.5 Å². The number of nitrogens with zero attached hydrogens (tertiary/aromatic N) is 2. The smallest absolute Gasteiger partial charge is 0.263 e. The number of carbonyl (C=O) groups excluding carboxylic acids is 3. The maximum absolute atomic E-state index is 13.6. The first-order chi connectivity index (χ1) is 16.6. The summed E-state index contributed by atoms with van der Waals surface area (Å²) in [6.07, 6.45) is 2.42. The molecule has 176 valence electrons. The summed E-state index contributed by atoms with van der Waals surface area (Å²) in [5, 5.41) is 4.74. The first-order valence-electron chi connectivity index (χ1n) is 11.2. The molecule has 0 unspecified atom stereocenters. The van der Waals surface area contributed by atoms with Gasteiger partial charge in [-0.25, -0.2) is 0 Å². The number of ether oxygens (including phenoxy) is 1. The van der Waals surface area contributed by atoms with Crippen LogP contribution in [0.25, 0.3) is 0 Å². The number of benzene rings is 1. The van der Waals surface area contributed by atoms with Crippen molar-refractivity contribution in [3.8, 4) is 0 Å². The van der Waals surface area contributed by atoms with Crippen molar-refractivity contribution in [1.29, 1.82) is 0 Å². The van der Waals surface area contributed by atoms with Crippen LogP contribution in [0.5, 0.6) is 0 Å². The van der Waals surface area contributed by atoms with Crippen molar-refractivity contribution < 1.29 is 23.5 Å². The molecule has 1 atom stereocenters. The van der Waals surface area contributed by atoms with Crippen LogP contribution in [0.2, 0.25) is 0 Å². The zero-order valence-corrected chi connectivity index (χ0v) is 19.3. The molecule has 3 amide bonds. The molecule has 2 aliphatic heterocycles. The van der Waals surface area contributed by atoms with E-state index in [9.17, 15) is 14.4 Å². The Morgan fingerprint density at radius 1 is 1.00 bits per heavy atom. The Labute approximate surface area is 201 Å². The number of piperidine rings is 1. The molecule has 2 saturated heterocycles. The van der Waals surface area contributed by atoms with Gasteiger partial charge in [0.15, 0.2) is 0 Å². The predicted octanol–water partition coefficient (Wildman–Crippen LogP) is 3.13. The molecular weight excluding hydrogens is 454 g/mol. The average molecular weight is 480 g/mol. The van der Waals surface area contributed by atoms with Gasteiger partial charge < -0.3 is 19.4 Å². The van der Waals surface area contributed by atoms with Crippen LogP contribution in [-0.4, -0.2) is 59.0 Å². The predicted molar refractivity (Wildman–Crippen MR) is 125 cm³/mol. The normalized spacial score (nSPS) is 19.4. The Morgan fingerprint density at radius 3 is 2.47 bits per heavy atom. The molecule has 0 aliphatic carbocycles. The summed E-state index contributed by atoms with van der Waals surface area (Å²) in [6.45, 7) is 1.21. The summed E-state index contributed by atoms with van der Waals surface area (Å²) < 4.78 is 11.5. The summed E-state index contributed by atoms with van der Waals surface area (Å²) in [6, 6.07) is 15.3. The van der Waals surface area contributed by atoms with Crippen molar-refractivity contribution in [3.63, 3.8) is 0 Å². The maximum atomic E-state index is 13.6. The van der Waals surface area contributed by atoms with Gasteiger partial charge in [-0.3, -0.25) is 19.3 Å². The van der Waals surface area contributed by atoms with E-state index >= 15 is 0 Å². The van der Waals surface area contributed by atoms with Gasteiger partial charge in [-0.05, 0) is 35.7 Å². The van der Waals surface area contributed by atoms with Crippen molar-refractivity contribution in [2.24, 2.45) is 0 Å². The van der Waals surface area contributed by atoms with Crippen molar-refractivity contribution in [2.45, 2.75) is 31.2 Å². The molecule has 34 heavy (non-hydrogen) atoms. The second-order valence-corrected chi connectivity index (χ2v) is 9.33. The lowest BCUT2D eigenvalue weighted by Gasteiger charge is -2.44. The zero-order valence-electron chi connectivity index (χ0n) is 18.5. The van der Waals surface area contributed by atoms with Crippen LogP contribution in [0, 0.1) is 0 Å². The molecule has 3 aromatic rings. The lowest BCUT2D eigenvalue weighted by Crippen LogP contribution is -2.59. The van der Waals surface area contributed by atoms with E-state index in [1.54, 1.807) is 52.5 Å². The van der Waals surface area contributed by atoms with Crippen LogP contribution in [-0.2, 0) is 16.1 Å². The van der Waals surface area contributed by atoms with Crippen molar-refractivity contribution >= 4 is 29.1 Å². The van der Waals surface area contributed by atoms with Gasteiger partial charge >= 0.3 is 0 Å². The van der Waals surface area contributed by atoms with E-state index in [0.717, 1.165) is 0 Å². The zero-order chi connectivity index (χ0) is 23.5. The van der Waals surface area contributed by atoms with E-state index < -0.39 is 11.8 Å². The van der Waals surface area contributed by atoms with Gasteiger partial charge in [0.2, 0.25) is 5.91 Å². The number of rotatable bonds is 5. The van der Waals surface area contributed by atoms with E-state index in [1.807, 2.05) is 23.6 Å². The monoisotopic (exact) mass is 479 g/mol. The number of likely N-dealkylation sites (tertiary alicyclic amines) is 1. The third-order valence-corrected chi connectivity index (χ3v) is 7.24. The molecule has 2 aliphatic rings. The van der Waals surface area contributed by atoms with Crippen molar-refractivity contribution in [3.05, 3.63) is 82.4 Å². The molecule has 0 bridgehead atoms. The number of hydrogen-bond acceptors (Lipinski definition) is 6. The molecular formula is C25H25N3O5S. The average Bonchev–Trinajstić information content (AvgIpc) is 3.65. The van der Waals surface area contributed by atoms with Gasteiger partial charge in [0.25, 0.3) is 11.8 Å². The quantitative estimate of drug-likeness (QED) is 0.607. The maximum Gasteiger partial charge on any atom is 0.263 e. The summed E-state index contributed by atoms with van der Waals surface area (Å²) in [5.41, 5.74) is -0.445. The fourth-order valence-electron chi connectivity index (χ4n) is 4.61. The number of nitrogens with one attached hydrogen (secondary N) is 1. The van der Waals surface area contributed by atoms with Gasteiger partial charge in [-0.15, -0.1) is 11.3 Å². The van der Waals surface area contributed by atoms with Gasteiger partial charge in [-0.2, -0.15) is 0 Å². The molecule has 0 saturated carbocycles. The highest BCUT2D eigenvalue weighted by Gasteiger charge is 2.54.